The Bertz CT molecular complexity index is 344. The van der Waals surface area contributed by atoms with Gasteiger partial charge < -0.3 is 10.6 Å². The molecule has 0 spiro atoms. The van der Waals surface area contributed by atoms with Crippen molar-refractivity contribution in [3.63, 3.8) is 0 Å². The number of hydrogen-bond acceptors (Lipinski definition) is 3. The van der Waals surface area contributed by atoms with Crippen molar-refractivity contribution < 1.29 is 14.4 Å². The Balaban J connectivity index is 2.14. The second-order valence-electron chi connectivity index (χ2n) is 4.88. The number of carbonyl (C=O) groups excluding carboxylic acids is 3. The van der Waals surface area contributed by atoms with Gasteiger partial charge in [0.25, 0.3) is 0 Å². The second kappa shape index (κ2) is 7.76. The number of nitrogens with zero attached hydrogens (tertiary/aromatic N) is 1. The fraction of sp³-hybridized carbons (Fsp3) is 0.769. The summed E-state index contributed by atoms with van der Waals surface area (Å²) in [7, 11) is 0. The number of rotatable bonds is 7. The standard InChI is InChI=1S/C13H23N3O3/c1-3-4-5-6-14-13(19)15-7-8-16-11(17)9-10(2)12(16)18/h10H,3-9H2,1-2H3,(H2,14,15,19). The van der Waals surface area contributed by atoms with Gasteiger partial charge in [0, 0.05) is 32.0 Å². The van der Waals surface area contributed by atoms with Gasteiger partial charge in [0.05, 0.1) is 0 Å². The molecule has 1 saturated heterocycles. The first-order chi connectivity index (χ1) is 9.06. The van der Waals surface area contributed by atoms with E-state index in [4.69, 9.17) is 0 Å². The van der Waals surface area contributed by atoms with Gasteiger partial charge >= 0.3 is 6.03 Å². The fourth-order valence-electron chi connectivity index (χ4n) is 2.00. The van der Waals surface area contributed by atoms with Crippen LogP contribution in [0.15, 0.2) is 0 Å². The molecule has 1 heterocycles. The topological polar surface area (TPSA) is 78.5 Å². The molecule has 1 fully saturated rings. The molecule has 6 nitrogen and oxygen atoms in total. The van der Waals surface area contributed by atoms with Gasteiger partial charge in [0.1, 0.15) is 0 Å². The van der Waals surface area contributed by atoms with Gasteiger partial charge in [-0.25, -0.2) is 4.79 Å². The SMILES string of the molecule is CCCCCNC(=O)NCCN1C(=O)CC(C)C1=O. The summed E-state index contributed by atoms with van der Waals surface area (Å²) in [5.41, 5.74) is 0. The summed E-state index contributed by atoms with van der Waals surface area (Å²) in [5.74, 6) is -0.520. The Hall–Kier alpha value is -1.59. The highest BCUT2D eigenvalue weighted by atomic mass is 16.2. The summed E-state index contributed by atoms with van der Waals surface area (Å²) in [5, 5.41) is 5.38. The average molecular weight is 269 g/mol. The zero-order valence-electron chi connectivity index (χ0n) is 11.7. The molecule has 0 saturated carbocycles. The lowest BCUT2D eigenvalue weighted by Gasteiger charge is -2.14. The van der Waals surface area contributed by atoms with E-state index in [1.807, 2.05) is 0 Å². The normalized spacial score (nSPS) is 18.8. The third-order valence-corrected chi connectivity index (χ3v) is 3.16. The van der Waals surface area contributed by atoms with E-state index in [0.717, 1.165) is 19.3 Å². The van der Waals surface area contributed by atoms with Crippen LogP contribution in [0.2, 0.25) is 0 Å². The van der Waals surface area contributed by atoms with Gasteiger partial charge in [0.15, 0.2) is 0 Å². The number of carbonyl (C=O) groups is 3. The van der Waals surface area contributed by atoms with Crippen LogP contribution in [-0.4, -0.2) is 42.4 Å². The van der Waals surface area contributed by atoms with E-state index in [-0.39, 0.29) is 36.7 Å². The van der Waals surface area contributed by atoms with Crippen molar-refractivity contribution in [3.05, 3.63) is 0 Å². The van der Waals surface area contributed by atoms with Gasteiger partial charge in [-0.15, -0.1) is 0 Å². The van der Waals surface area contributed by atoms with E-state index in [1.165, 1.54) is 4.90 Å². The molecule has 2 N–H and O–H groups in total. The predicted octanol–water partition coefficient (Wildman–Crippen LogP) is 0.871. The first-order valence-electron chi connectivity index (χ1n) is 6.92. The smallest absolute Gasteiger partial charge is 0.314 e. The van der Waals surface area contributed by atoms with E-state index in [9.17, 15) is 14.4 Å². The molecule has 0 bridgehead atoms. The van der Waals surface area contributed by atoms with Gasteiger partial charge in [-0.05, 0) is 6.42 Å². The zero-order valence-corrected chi connectivity index (χ0v) is 11.7. The van der Waals surface area contributed by atoms with Gasteiger partial charge in [0.2, 0.25) is 11.8 Å². The Morgan fingerprint density at radius 2 is 1.95 bits per heavy atom. The summed E-state index contributed by atoms with van der Waals surface area (Å²) in [6.45, 7) is 5.05. The van der Waals surface area contributed by atoms with Crippen LogP contribution in [0, 0.1) is 5.92 Å². The maximum atomic E-state index is 11.6. The molecule has 1 rings (SSSR count). The summed E-state index contributed by atoms with van der Waals surface area (Å²) in [6.07, 6.45) is 3.45. The van der Waals surface area contributed by atoms with Crippen LogP contribution in [0.25, 0.3) is 0 Å². The number of unbranched alkanes of at least 4 members (excludes halogenated alkanes) is 2. The van der Waals surface area contributed by atoms with Crippen molar-refractivity contribution in [2.75, 3.05) is 19.6 Å². The lowest BCUT2D eigenvalue weighted by atomic mass is 10.1. The van der Waals surface area contributed by atoms with Crippen LogP contribution in [0.5, 0.6) is 0 Å². The van der Waals surface area contributed by atoms with Crippen LogP contribution in [0.4, 0.5) is 4.79 Å². The van der Waals surface area contributed by atoms with E-state index in [0.29, 0.717) is 13.1 Å². The van der Waals surface area contributed by atoms with Crippen molar-refractivity contribution in [2.45, 2.75) is 39.5 Å². The number of amides is 4. The molecule has 0 aromatic heterocycles. The summed E-state index contributed by atoms with van der Waals surface area (Å²) in [6, 6.07) is -0.247. The van der Waals surface area contributed by atoms with Gasteiger partial charge in [-0.3, -0.25) is 14.5 Å². The highest BCUT2D eigenvalue weighted by molar-refractivity contribution is 6.03. The van der Waals surface area contributed by atoms with E-state index in [1.54, 1.807) is 6.92 Å². The number of nitrogens with one attached hydrogen (secondary N) is 2. The van der Waals surface area contributed by atoms with Gasteiger partial charge in [-0.2, -0.15) is 0 Å². The van der Waals surface area contributed by atoms with Crippen molar-refractivity contribution in [1.29, 1.82) is 0 Å². The molecule has 108 valence electrons. The minimum atomic E-state index is -0.247. The Labute approximate surface area is 113 Å². The molecule has 1 aliphatic heterocycles. The maximum Gasteiger partial charge on any atom is 0.314 e. The summed E-state index contributed by atoms with van der Waals surface area (Å²) < 4.78 is 0. The second-order valence-corrected chi connectivity index (χ2v) is 4.88. The molecule has 0 aromatic rings. The molecule has 1 aliphatic rings. The third-order valence-electron chi connectivity index (χ3n) is 3.16. The molecule has 0 aromatic carbocycles. The van der Waals surface area contributed by atoms with E-state index in [2.05, 4.69) is 17.6 Å². The van der Waals surface area contributed by atoms with Crippen LogP contribution < -0.4 is 10.6 Å². The number of hydrogen-bond donors (Lipinski definition) is 2. The Morgan fingerprint density at radius 1 is 1.26 bits per heavy atom. The van der Waals surface area contributed by atoms with Crippen LogP contribution in [0.3, 0.4) is 0 Å². The van der Waals surface area contributed by atoms with Crippen molar-refractivity contribution >= 4 is 17.8 Å². The number of likely N-dealkylation sites (tertiary alicyclic amines) is 1. The first kappa shape index (κ1) is 15.5. The highest BCUT2D eigenvalue weighted by Crippen LogP contribution is 2.17. The molecular weight excluding hydrogens is 246 g/mol. The monoisotopic (exact) mass is 269 g/mol. The van der Waals surface area contributed by atoms with Crippen LogP contribution >= 0.6 is 0 Å². The molecule has 1 atom stereocenters. The first-order valence-corrected chi connectivity index (χ1v) is 6.92. The Morgan fingerprint density at radius 3 is 2.53 bits per heavy atom. The zero-order chi connectivity index (χ0) is 14.3. The predicted molar refractivity (Wildman–Crippen MR) is 71.4 cm³/mol. The van der Waals surface area contributed by atoms with Crippen molar-refractivity contribution in [3.8, 4) is 0 Å². The van der Waals surface area contributed by atoms with Crippen LogP contribution in [0.1, 0.15) is 39.5 Å². The van der Waals surface area contributed by atoms with E-state index >= 15 is 0 Å². The largest absolute Gasteiger partial charge is 0.338 e. The average Bonchev–Trinajstić information content (AvgIpc) is 2.61. The Kier molecular flexibility index (Phi) is 6.32. The maximum absolute atomic E-state index is 11.6. The third kappa shape index (κ3) is 4.89. The van der Waals surface area contributed by atoms with Crippen LogP contribution in [-0.2, 0) is 9.59 Å². The summed E-state index contributed by atoms with van der Waals surface area (Å²) >= 11 is 0. The van der Waals surface area contributed by atoms with E-state index < -0.39 is 0 Å². The number of urea groups is 1. The molecule has 6 heteroatoms. The minimum Gasteiger partial charge on any atom is -0.338 e. The molecular formula is C13H23N3O3. The van der Waals surface area contributed by atoms with Crippen molar-refractivity contribution in [2.24, 2.45) is 5.92 Å². The molecule has 0 radical (unpaired) electrons. The van der Waals surface area contributed by atoms with Gasteiger partial charge in [-0.1, -0.05) is 26.7 Å². The lowest BCUT2D eigenvalue weighted by Crippen LogP contribution is -2.42. The highest BCUT2D eigenvalue weighted by Gasteiger charge is 2.34. The molecule has 0 aliphatic carbocycles. The quantitative estimate of drug-likeness (QED) is 0.532. The minimum absolute atomic E-state index is 0.143. The molecule has 1 unspecified atom stereocenters. The number of imide groups is 1. The lowest BCUT2D eigenvalue weighted by molar-refractivity contribution is -0.139. The van der Waals surface area contributed by atoms with Crippen molar-refractivity contribution in [1.82, 2.24) is 15.5 Å². The summed E-state index contributed by atoms with van der Waals surface area (Å²) in [4.78, 5) is 35.7. The fourth-order valence-corrected chi connectivity index (χ4v) is 2.00. The molecule has 4 amide bonds. The molecule has 19 heavy (non-hydrogen) atoms.